The van der Waals surface area contributed by atoms with Crippen molar-refractivity contribution in [3.8, 4) is 11.5 Å². The molecule has 94 valence electrons. The zero-order valence-electron chi connectivity index (χ0n) is 10.6. The Hall–Kier alpha value is -1.22. The molecule has 3 heteroatoms. The van der Waals surface area contributed by atoms with Crippen molar-refractivity contribution < 1.29 is 9.84 Å². The van der Waals surface area contributed by atoms with Gasteiger partial charge >= 0.3 is 0 Å². The predicted molar refractivity (Wildman–Crippen MR) is 68.7 cm³/mol. The first-order valence-electron chi connectivity index (χ1n) is 6.28. The van der Waals surface area contributed by atoms with Gasteiger partial charge in [0.15, 0.2) is 11.5 Å². The molecule has 0 saturated carbocycles. The number of rotatable bonds is 3. The predicted octanol–water partition coefficient (Wildman–Crippen LogP) is 2.25. The summed E-state index contributed by atoms with van der Waals surface area (Å²) in [5.74, 6) is 1.65. The topological polar surface area (TPSA) is 41.5 Å². The van der Waals surface area contributed by atoms with Gasteiger partial charge in [0.05, 0.1) is 7.11 Å². The summed E-state index contributed by atoms with van der Waals surface area (Å²) in [4.78, 5) is 0. The fourth-order valence-corrected chi connectivity index (χ4v) is 2.50. The summed E-state index contributed by atoms with van der Waals surface area (Å²) < 4.78 is 5.33. The lowest BCUT2D eigenvalue weighted by Crippen LogP contribution is -2.28. The summed E-state index contributed by atoms with van der Waals surface area (Å²) in [7, 11) is 1.63. The van der Waals surface area contributed by atoms with Crippen LogP contribution in [0.5, 0.6) is 11.5 Å². The van der Waals surface area contributed by atoms with E-state index in [0.29, 0.717) is 17.4 Å². The summed E-state index contributed by atoms with van der Waals surface area (Å²) in [6.45, 7) is 4.10. The monoisotopic (exact) mass is 235 g/mol. The molecule has 1 fully saturated rings. The average molecular weight is 235 g/mol. The molecule has 17 heavy (non-hydrogen) atoms. The lowest BCUT2D eigenvalue weighted by atomic mass is 9.90. The van der Waals surface area contributed by atoms with Gasteiger partial charge in [0, 0.05) is 0 Å². The standard InChI is InChI=1S/C14H21NO2/c1-10-3-4-12(14(17-2)13(10)16)9-11-5-7-15-8-6-11/h3-4,11,15-16H,5-9H2,1-2H3. The smallest absolute Gasteiger partial charge is 0.163 e. The van der Waals surface area contributed by atoms with Crippen molar-refractivity contribution in [3.63, 3.8) is 0 Å². The molecule has 3 nitrogen and oxygen atoms in total. The van der Waals surface area contributed by atoms with Crippen LogP contribution >= 0.6 is 0 Å². The molecule has 1 heterocycles. The highest BCUT2D eigenvalue weighted by molar-refractivity contribution is 5.50. The van der Waals surface area contributed by atoms with Crippen LogP contribution in [0.4, 0.5) is 0 Å². The van der Waals surface area contributed by atoms with Crippen LogP contribution in [0, 0.1) is 12.8 Å². The van der Waals surface area contributed by atoms with E-state index in [1.165, 1.54) is 12.8 Å². The molecular formula is C14H21NO2. The number of phenolic OH excluding ortho intramolecular Hbond substituents is 1. The molecule has 0 amide bonds. The zero-order valence-corrected chi connectivity index (χ0v) is 10.6. The maximum Gasteiger partial charge on any atom is 0.163 e. The number of hydrogen-bond donors (Lipinski definition) is 2. The highest BCUT2D eigenvalue weighted by Crippen LogP contribution is 2.35. The Morgan fingerprint density at radius 2 is 2.06 bits per heavy atom. The van der Waals surface area contributed by atoms with Crippen LogP contribution in [0.2, 0.25) is 0 Å². The molecule has 2 rings (SSSR count). The van der Waals surface area contributed by atoms with Gasteiger partial charge in [0.25, 0.3) is 0 Å². The van der Waals surface area contributed by atoms with Crippen molar-refractivity contribution in [2.75, 3.05) is 20.2 Å². The zero-order chi connectivity index (χ0) is 12.3. The fraction of sp³-hybridized carbons (Fsp3) is 0.571. The normalized spacial score (nSPS) is 17.1. The van der Waals surface area contributed by atoms with E-state index in [4.69, 9.17) is 4.74 Å². The molecule has 0 atom stereocenters. The van der Waals surface area contributed by atoms with Crippen LogP contribution in [-0.4, -0.2) is 25.3 Å². The molecule has 1 saturated heterocycles. The van der Waals surface area contributed by atoms with Crippen molar-refractivity contribution in [3.05, 3.63) is 23.3 Å². The van der Waals surface area contributed by atoms with Crippen molar-refractivity contribution in [1.29, 1.82) is 0 Å². The van der Waals surface area contributed by atoms with E-state index in [-0.39, 0.29) is 0 Å². The van der Waals surface area contributed by atoms with Gasteiger partial charge in [-0.15, -0.1) is 0 Å². The highest BCUT2D eigenvalue weighted by atomic mass is 16.5. The lowest BCUT2D eigenvalue weighted by Gasteiger charge is -2.23. The molecule has 0 spiro atoms. The van der Waals surface area contributed by atoms with Crippen molar-refractivity contribution in [2.24, 2.45) is 5.92 Å². The Balaban J connectivity index is 2.17. The van der Waals surface area contributed by atoms with Gasteiger partial charge in [0.2, 0.25) is 0 Å². The molecular weight excluding hydrogens is 214 g/mol. The molecule has 0 unspecified atom stereocenters. The molecule has 2 N–H and O–H groups in total. The molecule has 0 aromatic heterocycles. The van der Waals surface area contributed by atoms with E-state index in [1.807, 2.05) is 13.0 Å². The van der Waals surface area contributed by atoms with Gasteiger partial charge in [-0.25, -0.2) is 0 Å². The van der Waals surface area contributed by atoms with Gasteiger partial charge < -0.3 is 15.2 Å². The number of nitrogens with one attached hydrogen (secondary N) is 1. The van der Waals surface area contributed by atoms with E-state index >= 15 is 0 Å². The van der Waals surface area contributed by atoms with Gasteiger partial charge in [-0.3, -0.25) is 0 Å². The summed E-state index contributed by atoms with van der Waals surface area (Å²) in [5, 5.41) is 13.3. The number of benzene rings is 1. The third-order valence-corrected chi connectivity index (χ3v) is 3.59. The van der Waals surface area contributed by atoms with E-state index in [0.717, 1.165) is 30.6 Å². The van der Waals surface area contributed by atoms with E-state index in [2.05, 4.69) is 11.4 Å². The second-order valence-electron chi connectivity index (χ2n) is 4.82. The van der Waals surface area contributed by atoms with E-state index in [9.17, 15) is 5.11 Å². The minimum absolute atomic E-state index is 0.291. The van der Waals surface area contributed by atoms with Crippen LogP contribution in [0.3, 0.4) is 0 Å². The summed E-state index contributed by atoms with van der Waals surface area (Å²) in [5.41, 5.74) is 2.00. The van der Waals surface area contributed by atoms with Gasteiger partial charge in [-0.05, 0) is 56.3 Å². The van der Waals surface area contributed by atoms with Gasteiger partial charge in [-0.1, -0.05) is 12.1 Å². The summed E-state index contributed by atoms with van der Waals surface area (Å²) in [6, 6.07) is 4.05. The molecule has 0 radical (unpaired) electrons. The maximum atomic E-state index is 9.97. The molecule has 1 aliphatic rings. The van der Waals surface area contributed by atoms with Gasteiger partial charge in [0.1, 0.15) is 0 Å². The minimum Gasteiger partial charge on any atom is -0.504 e. The van der Waals surface area contributed by atoms with Crippen LogP contribution in [0.1, 0.15) is 24.0 Å². The maximum absolute atomic E-state index is 9.97. The van der Waals surface area contributed by atoms with Crippen LogP contribution in [-0.2, 0) is 6.42 Å². The molecule has 1 aliphatic heterocycles. The lowest BCUT2D eigenvalue weighted by molar-refractivity contribution is 0.347. The third kappa shape index (κ3) is 2.72. The number of aromatic hydroxyl groups is 1. The second kappa shape index (κ2) is 5.41. The van der Waals surface area contributed by atoms with E-state index in [1.54, 1.807) is 7.11 Å². The van der Waals surface area contributed by atoms with Crippen LogP contribution in [0.15, 0.2) is 12.1 Å². The number of piperidine rings is 1. The van der Waals surface area contributed by atoms with Crippen LogP contribution in [0.25, 0.3) is 0 Å². The Kier molecular flexibility index (Phi) is 3.89. The molecule has 1 aromatic carbocycles. The Bertz CT molecular complexity index is 384. The molecule has 0 bridgehead atoms. The first-order chi connectivity index (χ1) is 8.22. The second-order valence-corrected chi connectivity index (χ2v) is 4.82. The average Bonchev–Trinajstić information content (AvgIpc) is 2.36. The van der Waals surface area contributed by atoms with E-state index < -0.39 is 0 Å². The SMILES string of the molecule is COc1c(CC2CCNCC2)ccc(C)c1O. The van der Waals surface area contributed by atoms with Gasteiger partial charge in [-0.2, -0.15) is 0 Å². The van der Waals surface area contributed by atoms with Crippen LogP contribution < -0.4 is 10.1 Å². The minimum atomic E-state index is 0.291. The van der Waals surface area contributed by atoms with Crippen molar-refractivity contribution >= 4 is 0 Å². The Morgan fingerprint density at radius 3 is 2.71 bits per heavy atom. The number of methoxy groups -OCH3 is 1. The summed E-state index contributed by atoms with van der Waals surface area (Å²) >= 11 is 0. The van der Waals surface area contributed by atoms with Crippen molar-refractivity contribution in [2.45, 2.75) is 26.2 Å². The molecule has 1 aromatic rings. The number of ether oxygens (including phenoxy) is 1. The Morgan fingerprint density at radius 1 is 1.35 bits per heavy atom. The quantitative estimate of drug-likeness (QED) is 0.844. The largest absolute Gasteiger partial charge is 0.504 e. The number of phenols is 1. The van der Waals surface area contributed by atoms with Crippen molar-refractivity contribution in [1.82, 2.24) is 5.32 Å². The third-order valence-electron chi connectivity index (χ3n) is 3.59. The molecule has 0 aliphatic carbocycles. The Labute approximate surface area is 103 Å². The highest BCUT2D eigenvalue weighted by Gasteiger charge is 2.18. The first-order valence-corrected chi connectivity index (χ1v) is 6.28. The number of hydrogen-bond acceptors (Lipinski definition) is 3. The first kappa shape index (κ1) is 12.2. The fourth-order valence-electron chi connectivity index (χ4n) is 2.50. The number of aryl methyl sites for hydroxylation is 1. The summed E-state index contributed by atoms with van der Waals surface area (Å²) in [6.07, 6.45) is 3.41.